The second kappa shape index (κ2) is 5.81. The van der Waals surface area contributed by atoms with Gasteiger partial charge in [0.05, 0.1) is 4.92 Å². The van der Waals surface area contributed by atoms with Crippen molar-refractivity contribution in [2.75, 3.05) is 11.9 Å². The fraction of sp³-hybridized carbons (Fsp3) is 0.786. The third-order valence-corrected chi connectivity index (χ3v) is 4.62. The maximum Gasteiger partial charge on any atom is 0.333 e. The smallest absolute Gasteiger partial charge is 0.333 e. The summed E-state index contributed by atoms with van der Waals surface area (Å²) in [4.78, 5) is 10.9. The summed E-state index contributed by atoms with van der Waals surface area (Å²) >= 11 is 0. The lowest BCUT2D eigenvalue weighted by molar-refractivity contribution is -0.384. The van der Waals surface area contributed by atoms with Crippen LogP contribution < -0.4 is 5.32 Å². The maximum atomic E-state index is 11.2. The fourth-order valence-corrected chi connectivity index (χ4v) is 3.25. The highest BCUT2D eigenvalue weighted by atomic mass is 16.6. The van der Waals surface area contributed by atoms with Crippen molar-refractivity contribution in [2.45, 2.75) is 59.4 Å². The minimum absolute atomic E-state index is 0.121. The Morgan fingerprint density at radius 2 is 2.05 bits per heavy atom. The average molecular weight is 280 g/mol. The Hall–Kier alpha value is -1.59. The van der Waals surface area contributed by atoms with Crippen molar-refractivity contribution < 1.29 is 4.92 Å². The molecule has 1 saturated carbocycles. The number of anilines is 1. The fourth-order valence-electron chi connectivity index (χ4n) is 3.25. The Morgan fingerprint density at radius 1 is 1.40 bits per heavy atom. The van der Waals surface area contributed by atoms with Crippen LogP contribution in [0.1, 0.15) is 51.6 Å². The SMILES string of the molecule is CCn1nc(C)c([N+](=O)[O-])c1NCC1(CC)CCCC1. The van der Waals surface area contributed by atoms with E-state index in [1.165, 1.54) is 25.7 Å². The van der Waals surface area contributed by atoms with Gasteiger partial charge in [0.1, 0.15) is 5.69 Å². The van der Waals surface area contributed by atoms with Crippen LogP contribution in [0.25, 0.3) is 0 Å². The summed E-state index contributed by atoms with van der Waals surface area (Å²) in [7, 11) is 0. The molecule has 112 valence electrons. The van der Waals surface area contributed by atoms with Crippen molar-refractivity contribution in [3.05, 3.63) is 15.8 Å². The quantitative estimate of drug-likeness (QED) is 0.639. The normalized spacial score (nSPS) is 17.4. The molecule has 20 heavy (non-hydrogen) atoms. The summed E-state index contributed by atoms with van der Waals surface area (Å²) in [5, 5.41) is 18.8. The van der Waals surface area contributed by atoms with Crippen molar-refractivity contribution in [2.24, 2.45) is 5.41 Å². The molecule has 1 aromatic heterocycles. The number of nitro groups is 1. The van der Waals surface area contributed by atoms with Crippen LogP contribution in [0.5, 0.6) is 0 Å². The summed E-state index contributed by atoms with van der Waals surface area (Å²) < 4.78 is 1.70. The molecule has 0 aliphatic heterocycles. The molecule has 2 rings (SSSR count). The monoisotopic (exact) mass is 280 g/mol. The Bertz CT molecular complexity index is 490. The van der Waals surface area contributed by atoms with Gasteiger partial charge in [-0.3, -0.25) is 10.1 Å². The van der Waals surface area contributed by atoms with Gasteiger partial charge in [-0.1, -0.05) is 19.8 Å². The minimum Gasteiger partial charge on any atom is -0.364 e. The van der Waals surface area contributed by atoms with Crippen LogP contribution in [0, 0.1) is 22.5 Å². The van der Waals surface area contributed by atoms with E-state index in [-0.39, 0.29) is 10.6 Å². The van der Waals surface area contributed by atoms with Crippen molar-refractivity contribution in [3.63, 3.8) is 0 Å². The minimum atomic E-state index is -0.329. The first-order chi connectivity index (χ1) is 9.53. The predicted octanol–water partition coefficient (Wildman–Crippen LogP) is 3.50. The van der Waals surface area contributed by atoms with Crippen LogP contribution in [0.3, 0.4) is 0 Å². The Morgan fingerprint density at radius 3 is 2.55 bits per heavy atom. The van der Waals surface area contributed by atoms with E-state index >= 15 is 0 Å². The number of nitrogens with one attached hydrogen (secondary N) is 1. The molecule has 0 spiro atoms. The number of rotatable bonds is 6. The first-order valence-electron chi connectivity index (χ1n) is 7.48. The zero-order valence-electron chi connectivity index (χ0n) is 12.6. The molecule has 0 saturated heterocycles. The van der Waals surface area contributed by atoms with E-state index in [2.05, 4.69) is 17.3 Å². The summed E-state index contributed by atoms with van der Waals surface area (Å²) in [5.74, 6) is 0.565. The molecule has 0 atom stereocenters. The van der Waals surface area contributed by atoms with Crippen LogP contribution in [0.4, 0.5) is 11.5 Å². The Kier molecular flexibility index (Phi) is 4.30. The van der Waals surface area contributed by atoms with Crippen LogP contribution in [0.15, 0.2) is 0 Å². The Balaban J connectivity index is 2.22. The van der Waals surface area contributed by atoms with E-state index in [9.17, 15) is 10.1 Å². The lowest BCUT2D eigenvalue weighted by atomic mass is 9.83. The zero-order chi connectivity index (χ0) is 14.8. The van der Waals surface area contributed by atoms with Crippen LogP contribution in [-0.4, -0.2) is 21.2 Å². The van der Waals surface area contributed by atoms with Gasteiger partial charge in [-0.15, -0.1) is 0 Å². The molecule has 1 fully saturated rings. The summed E-state index contributed by atoms with van der Waals surface area (Å²) in [5.41, 5.74) is 0.900. The number of aryl methyl sites for hydroxylation is 2. The molecule has 1 N–H and O–H groups in total. The molecule has 6 nitrogen and oxygen atoms in total. The van der Waals surface area contributed by atoms with E-state index in [1.54, 1.807) is 11.6 Å². The number of nitrogens with zero attached hydrogens (tertiary/aromatic N) is 3. The molecule has 0 amide bonds. The molecule has 0 bridgehead atoms. The summed E-state index contributed by atoms with van der Waals surface area (Å²) in [6.45, 7) is 7.29. The molecule has 0 aromatic carbocycles. The lowest BCUT2D eigenvalue weighted by Crippen LogP contribution is -2.27. The van der Waals surface area contributed by atoms with Crippen LogP contribution >= 0.6 is 0 Å². The second-order valence-electron chi connectivity index (χ2n) is 5.77. The molecule has 1 aliphatic carbocycles. The summed E-state index contributed by atoms with van der Waals surface area (Å²) in [6.07, 6.45) is 6.08. The first-order valence-corrected chi connectivity index (χ1v) is 7.48. The van der Waals surface area contributed by atoms with Crippen molar-refractivity contribution in [3.8, 4) is 0 Å². The van der Waals surface area contributed by atoms with Gasteiger partial charge >= 0.3 is 5.69 Å². The van der Waals surface area contributed by atoms with Crippen molar-refractivity contribution in [1.29, 1.82) is 0 Å². The van der Waals surface area contributed by atoms with Gasteiger partial charge in [0.25, 0.3) is 0 Å². The van der Waals surface area contributed by atoms with Gasteiger partial charge < -0.3 is 5.32 Å². The first kappa shape index (κ1) is 14.8. The van der Waals surface area contributed by atoms with E-state index in [0.29, 0.717) is 23.5 Å². The molecule has 1 heterocycles. The molecule has 1 aliphatic rings. The standard InChI is InChI=1S/C14H24N4O2/c1-4-14(8-6-7-9-14)10-15-13-12(18(19)20)11(3)16-17(13)5-2/h15H,4-10H2,1-3H3. The molecular weight excluding hydrogens is 256 g/mol. The largest absolute Gasteiger partial charge is 0.364 e. The number of hydrogen-bond donors (Lipinski definition) is 1. The van der Waals surface area contributed by atoms with Gasteiger partial charge in [-0.25, -0.2) is 4.68 Å². The van der Waals surface area contributed by atoms with Gasteiger partial charge in [0.2, 0.25) is 5.82 Å². The molecule has 1 aromatic rings. The third kappa shape index (κ3) is 2.64. The second-order valence-corrected chi connectivity index (χ2v) is 5.77. The molecule has 6 heteroatoms. The number of aromatic nitrogens is 2. The van der Waals surface area contributed by atoms with Gasteiger partial charge in [-0.2, -0.15) is 5.10 Å². The number of hydrogen-bond acceptors (Lipinski definition) is 4. The van der Waals surface area contributed by atoms with E-state index in [0.717, 1.165) is 13.0 Å². The van der Waals surface area contributed by atoms with E-state index < -0.39 is 0 Å². The average Bonchev–Trinajstić information content (AvgIpc) is 3.01. The Labute approximate surface area is 119 Å². The zero-order valence-corrected chi connectivity index (χ0v) is 12.6. The molecule has 0 unspecified atom stereocenters. The maximum absolute atomic E-state index is 11.2. The van der Waals surface area contributed by atoms with Gasteiger partial charge in [0.15, 0.2) is 0 Å². The molecular formula is C14H24N4O2. The topological polar surface area (TPSA) is 73.0 Å². The highest BCUT2D eigenvalue weighted by Crippen LogP contribution is 2.41. The summed E-state index contributed by atoms with van der Waals surface area (Å²) in [6, 6.07) is 0. The van der Waals surface area contributed by atoms with E-state index in [4.69, 9.17) is 0 Å². The van der Waals surface area contributed by atoms with Crippen molar-refractivity contribution >= 4 is 11.5 Å². The van der Waals surface area contributed by atoms with Gasteiger partial charge in [-0.05, 0) is 38.5 Å². The van der Waals surface area contributed by atoms with Crippen molar-refractivity contribution in [1.82, 2.24) is 9.78 Å². The van der Waals surface area contributed by atoms with Crippen LogP contribution in [0.2, 0.25) is 0 Å². The highest BCUT2D eigenvalue weighted by molar-refractivity contribution is 5.59. The predicted molar refractivity (Wildman–Crippen MR) is 79.0 cm³/mol. The molecule has 0 radical (unpaired) electrons. The van der Waals surface area contributed by atoms with Gasteiger partial charge in [0, 0.05) is 13.1 Å². The van der Waals surface area contributed by atoms with Crippen LogP contribution in [-0.2, 0) is 6.54 Å². The third-order valence-electron chi connectivity index (χ3n) is 4.62. The lowest BCUT2D eigenvalue weighted by Gasteiger charge is -2.28. The highest BCUT2D eigenvalue weighted by Gasteiger charge is 2.33. The van der Waals surface area contributed by atoms with E-state index in [1.807, 2.05) is 6.92 Å².